The quantitative estimate of drug-likeness (QED) is 0.755. The van der Waals surface area contributed by atoms with Gasteiger partial charge in [-0.25, -0.2) is 0 Å². The number of benzene rings is 2. The molecule has 0 aliphatic heterocycles. The van der Waals surface area contributed by atoms with Crippen LogP contribution in [0.15, 0.2) is 48.5 Å². The van der Waals surface area contributed by atoms with E-state index in [2.05, 4.69) is 31.5 Å². The molecule has 2 rings (SSSR count). The van der Waals surface area contributed by atoms with Crippen molar-refractivity contribution in [2.24, 2.45) is 0 Å². The molecule has 0 aliphatic rings. The molecule has 1 amide bonds. The van der Waals surface area contributed by atoms with Gasteiger partial charge in [-0.1, -0.05) is 48.0 Å². The lowest BCUT2D eigenvalue weighted by Crippen LogP contribution is -3.04. The van der Waals surface area contributed by atoms with Crippen LogP contribution in [0.3, 0.4) is 0 Å². The zero-order valence-corrected chi connectivity index (χ0v) is 15.7. The number of carbonyl (C=O) groups is 1. The van der Waals surface area contributed by atoms with Crippen LogP contribution < -0.4 is 10.2 Å². The standard InChI is InChI=1S/C19H23ClN2OS/c1-22(2)12-17-8-4-3-7-16(17)11-21-19(23)14-24-13-15-6-5-9-18(20)10-15/h3-10H,11-14H2,1-2H3,(H,21,23)/p+1. The Kier molecular flexibility index (Phi) is 7.63. The smallest absolute Gasteiger partial charge is 0.230 e. The molecule has 2 aromatic carbocycles. The van der Waals surface area contributed by atoms with Crippen LogP contribution in [0.2, 0.25) is 5.02 Å². The summed E-state index contributed by atoms with van der Waals surface area (Å²) in [5.41, 5.74) is 3.61. The van der Waals surface area contributed by atoms with Gasteiger partial charge in [0.05, 0.1) is 19.8 Å². The molecule has 0 aliphatic carbocycles. The van der Waals surface area contributed by atoms with Gasteiger partial charge in [0, 0.05) is 22.9 Å². The number of carbonyl (C=O) groups excluding carboxylic acids is 1. The zero-order valence-electron chi connectivity index (χ0n) is 14.1. The fraction of sp³-hybridized carbons (Fsp3) is 0.316. The van der Waals surface area contributed by atoms with E-state index < -0.39 is 0 Å². The maximum atomic E-state index is 12.0. The molecule has 24 heavy (non-hydrogen) atoms. The number of amides is 1. The van der Waals surface area contributed by atoms with Gasteiger partial charge in [-0.3, -0.25) is 4.79 Å². The van der Waals surface area contributed by atoms with Gasteiger partial charge in [0.2, 0.25) is 5.91 Å². The summed E-state index contributed by atoms with van der Waals surface area (Å²) in [7, 11) is 4.25. The lowest BCUT2D eigenvalue weighted by Gasteiger charge is -2.13. The number of rotatable bonds is 8. The molecular formula is C19H24ClN2OS+. The highest BCUT2D eigenvalue weighted by molar-refractivity contribution is 7.99. The summed E-state index contributed by atoms with van der Waals surface area (Å²) in [6.45, 7) is 1.54. The molecular weight excluding hydrogens is 340 g/mol. The first-order valence-electron chi connectivity index (χ1n) is 7.99. The van der Waals surface area contributed by atoms with Gasteiger partial charge in [-0.05, 0) is 23.3 Å². The number of nitrogens with one attached hydrogen (secondary N) is 2. The van der Waals surface area contributed by atoms with E-state index in [9.17, 15) is 4.79 Å². The highest BCUT2D eigenvalue weighted by atomic mass is 35.5. The predicted molar refractivity (Wildman–Crippen MR) is 102 cm³/mol. The molecule has 0 unspecified atom stereocenters. The summed E-state index contributed by atoms with van der Waals surface area (Å²) in [5.74, 6) is 1.30. The first kappa shape index (κ1) is 18.8. The van der Waals surface area contributed by atoms with E-state index >= 15 is 0 Å². The second-order valence-corrected chi connectivity index (χ2v) is 7.47. The van der Waals surface area contributed by atoms with Crippen molar-refractivity contribution in [3.05, 3.63) is 70.2 Å². The molecule has 0 fully saturated rings. The van der Waals surface area contributed by atoms with E-state index in [0.717, 1.165) is 22.9 Å². The molecule has 0 atom stereocenters. The summed E-state index contributed by atoms with van der Waals surface area (Å²) in [6.07, 6.45) is 0. The van der Waals surface area contributed by atoms with E-state index in [1.807, 2.05) is 36.4 Å². The molecule has 0 heterocycles. The lowest BCUT2D eigenvalue weighted by molar-refractivity contribution is -0.872. The third kappa shape index (κ3) is 6.56. The largest absolute Gasteiger partial charge is 0.351 e. The topological polar surface area (TPSA) is 33.5 Å². The first-order chi connectivity index (χ1) is 11.5. The SMILES string of the molecule is C[NH+](C)Cc1ccccc1CNC(=O)CSCc1cccc(Cl)c1. The third-order valence-corrected chi connectivity index (χ3v) is 4.77. The van der Waals surface area contributed by atoms with Crippen LogP contribution in [0.4, 0.5) is 0 Å². The maximum Gasteiger partial charge on any atom is 0.230 e. The van der Waals surface area contributed by atoms with Crippen LogP contribution in [0.5, 0.6) is 0 Å². The first-order valence-corrected chi connectivity index (χ1v) is 9.52. The Hall–Kier alpha value is -1.49. The van der Waals surface area contributed by atoms with Gasteiger partial charge in [-0.15, -0.1) is 11.8 Å². The highest BCUT2D eigenvalue weighted by Gasteiger charge is 2.07. The number of quaternary nitrogens is 1. The maximum absolute atomic E-state index is 12.0. The van der Waals surface area contributed by atoms with Crippen molar-refractivity contribution < 1.29 is 9.69 Å². The van der Waals surface area contributed by atoms with Crippen LogP contribution in [-0.4, -0.2) is 25.8 Å². The predicted octanol–water partition coefficient (Wildman–Crippen LogP) is 2.53. The Morgan fingerprint density at radius 1 is 1.12 bits per heavy atom. The van der Waals surface area contributed by atoms with Crippen molar-refractivity contribution in [2.75, 3.05) is 19.8 Å². The molecule has 3 nitrogen and oxygen atoms in total. The zero-order chi connectivity index (χ0) is 17.4. The second kappa shape index (κ2) is 9.72. The third-order valence-electron chi connectivity index (χ3n) is 3.53. The Bertz CT molecular complexity index is 676. The lowest BCUT2D eigenvalue weighted by atomic mass is 10.1. The van der Waals surface area contributed by atoms with E-state index in [1.165, 1.54) is 16.0 Å². The minimum atomic E-state index is 0.0639. The number of thioether (sulfide) groups is 1. The molecule has 5 heteroatoms. The minimum Gasteiger partial charge on any atom is -0.351 e. The average Bonchev–Trinajstić information content (AvgIpc) is 2.53. The van der Waals surface area contributed by atoms with Gasteiger partial charge in [0.1, 0.15) is 6.54 Å². The number of halogens is 1. The van der Waals surface area contributed by atoms with E-state index in [0.29, 0.717) is 12.3 Å². The molecule has 0 spiro atoms. The summed E-state index contributed by atoms with van der Waals surface area (Å²) in [5, 5.41) is 3.75. The van der Waals surface area contributed by atoms with E-state index in [4.69, 9.17) is 11.6 Å². The van der Waals surface area contributed by atoms with Crippen LogP contribution in [0, 0.1) is 0 Å². The summed E-state index contributed by atoms with van der Waals surface area (Å²) in [6, 6.07) is 16.0. The summed E-state index contributed by atoms with van der Waals surface area (Å²) < 4.78 is 0. The van der Waals surface area contributed by atoms with Crippen molar-refractivity contribution in [1.82, 2.24) is 5.32 Å². The van der Waals surface area contributed by atoms with Gasteiger partial charge in [0.25, 0.3) is 0 Å². The molecule has 2 aromatic rings. The molecule has 0 bridgehead atoms. The fourth-order valence-electron chi connectivity index (χ4n) is 2.42. The number of hydrogen-bond acceptors (Lipinski definition) is 2. The molecule has 0 saturated heterocycles. The van der Waals surface area contributed by atoms with Crippen molar-refractivity contribution in [3.63, 3.8) is 0 Å². The highest BCUT2D eigenvalue weighted by Crippen LogP contribution is 2.16. The van der Waals surface area contributed by atoms with Crippen molar-refractivity contribution >= 4 is 29.3 Å². The molecule has 128 valence electrons. The van der Waals surface area contributed by atoms with Crippen LogP contribution in [-0.2, 0) is 23.6 Å². The molecule has 0 saturated carbocycles. The molecule has 0 aromatic heterocycles. The van der Waals surface area contributed by atoms with Crippen molar-refractivity contribution in [3.8, 4) is 0 Å². The van der Waals surface area contributed by atoms with Gasteiger partial charge in [0.15, 0.2) is 0 Å². The van der Waals surface area contributed by atoms with Gasteiger partial charge < -0.3 is 10.2 Å². The Morgan fingerprint density at radius 3 is 2.58 bits per heavy atom. The minimum absolute atomic E-state index is 0.0639. The van der Waals surface area contributed by atoms with E-state index in [-0.39, 0.29) is 5.91 Å². The monoisotopic (exact) mass is 363 g/mol. The van der Waals surface area contributed by atoms with Gasteiger partial charge >= 0.3 is 0 Å². The van der Waals surface area contributed by atoms with Crippen LogP contribution in [0.1, 0.15) is 16.7 Å². The fourth-order valence-corrected chi connectivity index (χ4v) is 3.43. The average molecular weight is 364 g/mol. The Morgan fingerprint density at radius 2 is 1.88 bits per heavy atom. The Balaban J connectivity index is 1.77. The summed E-state index contributed by atoms with van der Waals surface area (Å²) in [4.78, 5) is 13.4. The van der Waals surface area contributed by atoms with Crippen molar-refractivity contribution in [2.45, 2.75) is 18.8 Å². The molecule has 0 radical (unpaired) electrons. The summed E-state index contributed by atoms with van der Waals surface area (Å²) >= 11 is 7.56. The van der Waals surface area contributed by atoms with Crippen LogP contribution >= 0.6 is 23.4 Å². The second-order valence-electron chi connectivity index (χ2n) is 6.05. The van der Waals surface area contributed by atoms with Crippen LogP contribution in [0.25, 0.3) is 0 Å². The van der Waals surface area contributed by atoms with E-state index in [1.54, 1.807) is 11.8 Å². The van der Waals surface area contributed by atoms with Crippen molar-refractivity contribution in [1.29, 1.82) is 0 Å². The number of hydrogen-bond donors (Lipinski definition) is 2. The Labute approximate surface area is 153 Å². The van der Waals surface area contributed by atoms with Gasteiger partial charge in [-0.2, -0.15) is 0 Å². The molecule has 2 N–H and O–H groups in total. The normalized spacial score (nSPS) is 10.8.